The van der Waals surface area contributed by atoms with Crippen LogP contribution in [0.15, 0.2) is 52.1 Å². The van der Waals surface area contributed by atoms with Crippen LogP contribution in [0.4, 0.5) is 4.79 Å². The summed E-state index contributed by atoms with van der Waals surface area (Å²) in [5.74, 6) is 1.18. The Morgan fingerprint density at radius 1 is 1.09 bits per heavy atom. The zero-order valence-corrected chi connectivity index (χ0v) is 20.2. The van der Waals surface area contributed by atoms with E-state index in [9.17, 15) is 14.4 Å². The lowest BCUT2D eigenvalue weighted by Crippen LogP contribution is -2.61. The summed E-state index contributed by atoms with van der Waals surface area (Å²) < 4.78 is 7.26. The van der Waals surface area contributed by atoms with Crippen LogP contribution < -0.4 is 0 Å². The minimum atomic E-state index is -0.639. The number of nitrogens with zero attached hydrogens (tertiary/aromatic N) is 6. The van der Waals surface area contributed by atoms with Crippen LogP contribution in [0.3, 0.4) is 0 Å². The molecule has 10 nitrogen and oxygen atoms in total. The number of piperazine rings is 1. The summed E-state index contributed by atoms with van der Waals surface area (Å²) in [5.41, 5.74) is 2.21. The summed E-state index contributed by atoms with van der Waals surface area (Å²) in [7, 11) is 3.17. The number of amidine groups is 2. The van der Waals surface area contributed by atoms with Crippen molar-refractivity contribution in [1.29, 1.82) is 0 Å². The lowest BCUT2D eigenvalue weighted by molar-refractivity contribution is -0.552. The molecule has 1 atom stereocenters. The van der Waals surface area contributed by atoms with Gasteiger partial charge in [0.25, 0.3) is 23.7 Å². The Bertz CT molecular complexity index is 1230. The molecule has 2 aromatic rings. The third kappa shape index (κ3) is 4.25. The summed E-state index contributed by atoms with van der Waals surface area (Å²) in [6.45, 7) is 5.56. The fourth-order valence-electron chi connectivity index (χ4n) is 4.83. The van der Waals surface area contributed by atoms with Crippen molar-refractivity contribution in [2.45, 2.75) is 19.5 Å². The normalized spacial score (nSPS) is 21.1. The van der Waals surface area contributed by atoms with Crippen LogP contribution in [0.5, 0.6) is 0 Å². The zero-order valence-electron chi connectivity index (χ0n) is 20.2. The molecule has 0 spiro atoms. The van der Waals surface area contributed by atoms with Gasteiger partial charge >= 0.3 is 11.9 Å². The predicted molar refractivity (Wildman–Crippen MR) is 128 cm³/mol. The number of imide groups is 1. The summed E-state index contributed by atoms with van der Waals surface area (Å²) in [6.07, 6.45) is 1.50. The SMILES string of the molecule is Cc1cccc(C[N+]2=C(CN3CCN(C(=O)c4ccco4)CC3)N=C3C2C(=O)N(C)C(=O)N3C)c1. The van der Waals surface area contributed by atoms with Crippen molar-refractivity contribution in [1.82, 2.24) is 19.6 Å². The molecule has 5 rings (SSSR count). The van der Waals surface area contributed by atoms with Crippen molar-refractivity contribution in [3.8, 4) is 0 Å². The molecular weight excluding hydrogens is 448 g/mol. The number of rotatable bonds is 5. The third-order valence-electron chi connectivity index (χ3n) is 6.81. The number of likely N-dealkylation sites (N-methyl/N-ethyl adjacent to an activating group) is 2. The molecule has 4 amide bonds. The maximum atomic E-state index is 13.2. The van der Waals surface area contributed by atoms with Crippen LogP contribution in [-0.4, -0.2) is 107 Å². The van der Waals surface area contributed by atoms with Crippen LogP contribution in [0.25, 0.3) is 0 Å². The van der Waals surface area contributed by atoms with Gasteiger partial charge in [0.15, 0.2) is 5.76 Å². The summed E-state index contributed by atoms with van der Waals surface area (Å²) >= 11 is 0. The van der Waals surface area contributed by atoms with Gasteiger partial charge in [-0.1, -0.05) is 29.8 Å². The quantitative estimate of drug-likeness (QED) is 0.605. The second-order valence-electron chi connectivity index (χ2n) is 9.19. The van der Waals surface area contributed by atoms with E-state index in [-0.39, 0.29) is 17.8 Å². The van der Waals surface area contributed by atoms with Crippen molar-refractivity contribution in [3.05, 3.63) is 59.5 Å². The molecule has 10 heteroatoms. The van der Waals surface area contributed by atoms with Crippen molar-refractivity contribution in [3.63, 3.8) is 0 Å². The fraction of sp³-hybridized carbons (Fsp3) is 0.400. The number of furan rings is 1. The molecule has 0 saturated carbocycles. The van der Waals surface area contributed by atoms with Gasteiger partial charge in [-0.25, -0.2) is 9.37 Å². The van der Waals surface area contributed by atoms with E-state index in [1.165, 1.54) is 18.2 Å². The van der Waals surface area contributed by atoms with Gasteiger partial charge in [-0.3, -0.25) is 24.3 Å². The number of hydrogen-bond donors (Lipinski definition) is 0. The second-order valence-corrected chi connectivity index (χ2v) is 9.19. The molecule has 3 aliphatic rings. The maximum absolute atomic E-state index is 13.2. The number of urea groups is 1. The summed E-state index contributed by atoms with van der Waals surface area (Å²) in [6, 6.07) is 10.5. The Morgan fingerprint density at radius 2 is 1.86 bits per heavy atom. The Labute approximate surface area is 203 Å². The monoisotopic (exact) mass is 477 g/mol. The molecule has 0 N–H and O–H groups in total. The number of aliphatic imine (C=N–C) groups is 1. The molecule has 4 heterocycles. The fourth-order valence-corrected chi connectivity index (χ4v) is 4.83. The largest absolute Gasteiger partial charge is 0.459 e. The molecule has 1 aromatic heterocycles. The smallest absolute Gasteiger partial charge is 0.333 e. The molecule has 1 aromatic carbocycles. The van der Waals surface area contributed by atoms with Crippen LogP contribution in [0, 0.1) is 6.92 Å². The zero-order chi connectivity index (χ0) is 24.7. The van der Waals surface area contributed by atoms with Gasteiger partial charge in [-0.05, 0) is 29.6 Å². The first kappa shape index (κ1) is 23.0. The molecule has 0 bridgehead atoms. The van der Waals surface area contributed by atoms with E-state index < -0.39 is 6.04 Å². The first-order valence-electron chi connectivity index (χ1n) is 11.7. The van der Waals surface area contributed by atoms with Gasteiger partial charge in [0.2, 0.25) is 0 Å². The average Bonchev–Trinajstić information content (AvgIpc) is 3.51. The number of hydrogen-bond acceptors (Lipinski definition) is 6. The number of aryl methyl sites for hydroxylation is 1. The van der Waals surface area contributed by atoms with E-state index in [1.54, 1.807) is 24.1 Å². The third-order valence-corrected chi connectivity index (χ3v) is 6.81. The molecule has 1 unspecified atom stereocenters. The van der Waals surface area contributed by atoms with Crippen molar-refractivity contribution in [2.24, 2.45) is 4.99 Å². The summed E-state index contributed by atoms with van der Waals surface area (Å²) in [5, 5.41) is 0. The molecule has 0 radical (unpaired) electrons. The summed E-state index contributed by atoms with van der Waals surface area (Å²) in [4.78, 5) is 49.7. The van der Waals surface area contributed by atoms with E-state index in [1.807, 2.05) is 29.7 Å². The minimum absolute atomic E-state index is 0.107. The molecule has 3 aliphatic heterocycles. The molecule has 35 heavy (non-hydrogen) atoms. The number of carbonyl (C=O) groups is 3. The Hall–Kier alpha value is -3.79. The van der Waals surface area contributed by atoms with Gasteiger partial charge < -0.3 is 9.32 Å². The molecular formula is C25H29N6O4+. The molecule has 0 aliphatic carbocycles. The first-order chi connectivity index (χ1) is 16.8. The highest BCUT2D eigenvalue weighted by Crippen LogP contribution is 2.22. The van der Waals surface area contributed by atoms with Crippen molar-refractivity contribution >= 4 is 29.5 Å². The Balaban J connectivity index is 1.38. The van der Waals surface area contributed by atoms with Gasteiger partial charge in [0, 0.05) is 40.3 Å². The maximum Gasteiger partial charge on any atom is 0.333 e. The van der Waals surface area contributed by atoms with Crippen LogP contribution >= 0.6 is 0 Å². The van der Waals surface area contributed by atoms with Crippen LogP contribution in [0.2, 0.25) is 0 Å². The Kier molecular flexibility index (Phi) is 5.98. The standard InChI is InChI=1S/C25H29N6O4/c1-17-6-4-7-18(14-17)15-31-20(26-22-21(31)24(33)28(3)25(34)27(22)2)16-29-9-11-30(12-10-29)23(32)19-8-5-13-35-19/h4-8,13-14,21H,9-12,15-16H2,1-3H3/q+1. The van der Waals surface area contributed by atoms with Crippen molar-refractivity contribution < 1.29 is 23.4 Å². The number of fused-ring (bicyclic) bond motifs is 1. The highest BCUT2D eigenvalue weighted by atomic mass is 16.3. The van der Waals surface area contributed by atoms with E-state index >= 15 is 0 Å². The topological polar surface area (TPSA) is 92.7 Å². The molecule has 2 fully saturated rings. The van der Waals surface area contributed by atoms with Gasteiger partial charge in [0.1, 0.15) is 13.1 Å². The van der Waals surface area contributed by atoms with E-state index in [0.717, 1.165) is 21.9 Å². The first-order valence-corrected chi connectivity index (χ1v) is 11.7. The molecule has 2 saturated heterocycles. The second kappa shape index (κ2) is 9.10. The number of benzene rings is 1. The average molecular weight is 478 g/mol. The van der Waals surface area contributed by atoms with Gasteiger partial charge in [-0.15, -0.1) is 0 Å². The van der Waals surface area contributed by atoms with E-state index in [0.29, 0.717) is 50.9 Å². The minimum Gasteiger partial charge on any atom is -0.459 e. The number of carbonyl (C=O) groups excluding carboxylic acids is 3. The predicted octanol–water partition coefficient (Wildman–Crippen LogP) is 1.26. The lowest BCUT2D eigenvalue weighted by atomic mass is 10.1. The van der Waals surface area contributed by atoms with Gasteiger partial charge in [0.05, 0.1) is 6.26 Å². The Morgan fingerprint density at radius 3 is 2.54 bits per heavy atom. The van der Waals surface area contributed by atoms with Crippen molar-refractivity contribution in [2.75, 3.05) is 46.8 Å². The molecule has 182 valence electrons. The van der Waals surface area contributed by atoms with Gasteiger partial charge in [-0.2, -0.15) is 0 Å². The number of amides is 4. The lowest BCUT2D eigenvalue weighted by Gasteiger charge is -2.33. The van der Waals surface area contributed by atoms with E-state index in [4.69, 9.17) is 9.41 Å². The van der Waals surface area contributed by atoms with Crippen LogP contribution in [0.1, 0.15) is 21.7 Å². The van der Waals surface area contributed by atoms with E-state index in [2.05, 4.69) is 11.0 Å². The highest BCUT2D eigenvalue weighted by Gasteiger charge is 2.53. The van der Waals surface area contributed by atoms with Crippen LogP contribution in [-0.2, 0) is 11.3 Å². The highest BCUT2D eigenvalue weighted by molar-refractivity contribution is 6.23.